The van der Waals surface area contributed by atoms with Gasteiger partial charge in [0.25, 0.3) is 0 Å². The fraction of sp³-hybridized carbons (Fsp3) is 0.0952. The lowest BCUT2D eigenvalue weighted by Crippen LogP contribution is -2.27. The molecule has 0 aliphatic rings. The van der Waals surface area contributed by atoms with Crippen LogP contribution >= 0.6 is 0 Å². The van der Waals surface area contributed by atoms with Crippen LogP contribution in [0, 0.1) is 6.92 Å². The van der Waals surface area contributed by atoms with Crippen molar-refractivity contribution >= 4 is 12.0 Å². The maximum absolute atomic E-state index is 12.3. The van der Waals surface area contributed by atoms with Gasteiger partial charge in [0.05, 0.1) is 12.3 Å². The van der Waals surface area contributed by atoms with Crippen LogP contribution in [0.2, 0.25) is 0 Å². The summed E-state index contributed by atoms with van der Waals surface area (Å²) in [6.07, 6.45) is 4.73. The topological polar surface area (TPSA) is 42.2 Å². The summed E-state index contributed by atoms with van der Waals surface area (Å²) in [6.45, 7) is 2.05. The third kappa shape index (κ3) is 4.02. The number of nitrogens with one attached hydrogen (secondary N) is 1. The lowest BCUT2D eigenvalue weighted by Gasteiger charge is -2.19. The van der Waals surface area contributed by atoms with Gasteiger partial charge in [-0.2, -0.15) is 0 Å². The fourth-order valence-corrected chi connectivity index (χ4v) is 2.50. The van der Waals surface area contributed by atoms with E-state index in [0.29, 0.717) is 5.76 Å². The Kier molecular flexibility index (Phi) is 4.92. The van der Waals surface area contributed by atoms with E-state index in [9.17, 15) is 4.79 Å². The van der Waals surface area contributed by atoms with E-state index in [0.717, 1.165) is 11.1 Å². The molecule has 0 aliphatic carbocycles. The first-order valence-electron chi connectivity index (χ1n) is 7.86. The molecule has 3 nitrogen and oxygen atoms in total. The molecule has 0 fully saturated rings. The number of furan rings is 1. The van der Waals surface area contributed by atoms with Gasteiger partial charge in [-0.3, -0.25) is 4.79 Å². The van der Waals surface area contributed by atoms with Gasteiger partial charge in [0.2, 0.25) is 5.91 Å². The average Bonchev–Trinajstić information content (AvgIpc) is 3.13. The Morgan fingerprint density at radius 2 is 1.67 bits per heavy atom. The predicted molar refractivity (Wildman–Crippen MR) is 95.3 cm³/mol. The number of amides is 1. The molecular formula is C21H19NO2. The summed E-state index contributed by atoms with van der Waals surface area (Å²) in [4.78, 5) is 12.3. The van der Waals surface area contributed by atoms with Crippen molar-refractivity contribution in [1.29, 1.82) is 0 Å². The summed E-state index contributed by atoms with van der Waals surface area (Å²) >= 11 is 0. The minimum Gasteiger partial charge on any atom is -0.465 e. The molecule has 24 heavy (non-hydrogen) atoms. The molecular weight excluding hydrogens is 298 g/mol. The van der Waals surface area contributed by atoms with E-state index >= 15 is 0 Å². The Labute approximate surface area is 141 Å². The summed E-state index contributed by atoms with van der Waals surface area (Å²) in [5, 5.41) is 3.06. The van der Waals surface area contributed by atoms with Gasteiger partial charge in [0.15, 0.2) is 0 Å². The molecule has 3 aromatic rings. The number of carbonyl (C=O) groups is 1. The number of aryl methyl sites for hydroxylation is 1. The standard InChI is InChI=1S/C21H19NO2/c1-16-9-11-18(12-10-16)21(17-6-3-2-4-7-17)22-20(23)14-13-19-8-5-15-24-19/h2-15,21H,1H3,(H,22,23)/b14-13+/t21-/m1/s1. The van der Waals surface area contributed by atoms with Crippen molar-refractivity contribution < 1.29 is 9.21 Å². The summed E-state index contributed by atoms with van der Waals surface area (Å²) in [5.41, 5.74) is 3.28. The van der Waals surface area contributed by atoms with Gasteiger partial charge in [0.1, 0.15) is 5.76 Å². The highest BCUT2D eigenvalue weighted by atomic mass is 16.3. The lowest BCUT2D eigenvalue weighted by molar-refractivity contribution is -0.116. The zero-order chi connectivity index (χ0) is 16.8. The van der Waals surface area contributed by atoms with Crippen LogP contribution in [-0.4, -0.2) is 5.91 Å². The average molecular weight is 317 g/mol. The van der Waals surface area contributed by atoms with Crippen LogP contribution in [0.5, 0.6) is 0 Å². The Hall–Kier alpha value is -3.07. The fourth-order valence-electron chi connectivity index (χ4n) is 2.50. The van der Waals surface area contributed by atoms with Crippen molar-refractivity contribution in [3.8, 4) is 0 Å². The van der Waals surface area contributed by atoms with Gasteiger partial charge < -0.3 is 9.73 Å². The van der Waals surface area contributed by atoms with Crippen molar-refractivity contribution in [2.45, 2.75) is 13.0 Å². The molecule has 0 aliphatic heterocycles. The van der Waals surface area contributed by atoms with Gasteiger partial charge in [-0.05, 0) is 36.3 Å². The summed E-state index contributed by atoms with van der Waals surface area (Å²) < 4.78 is 5.20. The quantitative estimate of drug-likeness (QED) is 0.704. The highest BCUT2D eigenvalue weighted by Crippen LogP contribution is 2.22. The first kappa shape index (κ1) is 15.8. The molecule has 0 unspecified atom stereocenters. The van der Waals surface area contributed by atoms with Gasteiger partial charge in [-0.1, -0.05) is 60.2 Å². The minimum atomic E-state index is -0.194. The minimum absolute atomic E-state index is 0.166. The van der Waals surface area contributed by atoms with Crippen molar-refractivity contribution in [1.82, 2.24) is 5.32 Å². The molecule has 3 heteroatoms. The number of carbonyl (C=O) groups excluding carboxylic acids is 1. The molecule has 1 amide bonds. The second-order valence-electron chi connectivity index (χ2n) is 5.61. The largest absolute Gasteiger partial charge is 0.465 e. The first-order chi connectivity index (χ1) is 11.7. The van der Waals surface area contributed by atoms with E-state index in [1.807, 2.05) is 49.4 Å². The van der Waals surface area contributed by atoms with E-state index in [4.69, 9.17) is 4.42 Å². The second-order valence-corrected chi connectivity index (χ2v) is 5.61. The van der Waals surface area contributed by atoms with Crippen molar-refractivity contribution in [2.24, 2.45) is 0 Å². The Bertz CT molecular complexity index is 803. The lowest BCUT2D eigenvalue weighted by atomic mass is 9.98. The highest BCUT2D eigenvalue weighted by molar-refractivity contribution is 5.91. The molecule has 3 rings (SSSR count). The molecule has 1 N–H and O–H groups in total. The molecule has 1 aromatic heterocycles. The molecule has 0 saturated heterocycles. The van der Waals surface area contributed by atoms with Crippen LogP contribution in [0.4, 0.5) is 0 Å². The molecule has 120 valence electrons. The van der Waals surface area contributed by atoms with Gasteiger partial charge in [-0.25, -0.2) is 0 Å². The number of rotatable bonds is 5. The van der Waals surface area contributed by atoms with E-state index in [1.165, 1.54) is 11.6 Å². The van der Waals surface area contributed by atoms with Crippen molar-refractivity contribution in [3.05, 3.63) is 102 Å². The van der Waals surface area contributed by atoms with Gasteiger partial charge >= 0.3 is 0 Å². The molecule has 0 bridgehead atoms. The monoisotopic (exact) mass is 317 g/mol. The third-order valence-electron chi connectivity index (χ3n) is 3.77. The maximum Gasteiger partial charge on any atom is 0.244 e. The second kappa shape index (κ2) is 7.47. The predicted octanol–water partition coefficient (Wildman–Crippen LogP) is 4.51. The van der Waals surface area contributed by atoms with Crippen molar-refractivity contribution in [3.63, 3.8) is 0 Å². The van der Waals surface area contributed by atoms with Crippen LogP contribution in [0.25, 0.3) is 6.08 Å². The normalized spacial score (nSPS) is 12.2. The summed E-state index contributed by atoms with van der Waals surface area (Å²) in [7, 11) is 0. The Morgan fingerprint density at radius 3 is 2.33 bits per heavy atom. The molecule has 1 heterocycles. The van der Waals surface area contributed by atoms with Crippen LogP contribution in [0.15, 0.2) is 83.5 Å². The Morgan fingerprint density at radius 1 is 0.958 bits per heavy atom. The number of hydrogen-bond donors (Lipinski definition) is 1. The zero-order valence-electron chi connectivity index (χ0n) is 13.5. The molecule has 1 atom stereocenters. The van der Waals surface area contributed by atoms with Crippen LogP contribution in [0.3, 0.4) is 0 Å². The third-order valence-corrected chi connectivity index (χ3v) is 3.77. The zero-order valence-corrected chi connectivity index (χ0v) is 13.5. The summed E-state index contributed by atoms with van der Waals surface area (Å²) in [6, 6.07) is 21.5. The highest BCUT2D eigenvalue weighted by Gasteiger charge is 2.15. The number of hydrogen-bond acceptors (Lipinski definition) is 2. The van der Waals surface area contributed by atoms with Crippen LogP contribution < -0.4 is 5.32 Å². The molecule has 0 radical (unpaired) electrons. The van der Waals surface area contributed by atoms with Gasteiger partial charge in [-0.15, -0.1) is 0 Å². The first-order valence-corrected chi connectivity index (χ1v) is 7.86. The molecule has 2 aromatic carbocycles. The van der Waals surface area contributed by atoms with Crippen LogP contribution in [-0.2, 0) is 4.79 Å². The van der Waals surface area contributed by atoms with E-state index in [-0.39, 0.29) is 11.9 Å². The number of benzene rings is 2. The van der Waals surface area contributed by atoms with E-state index in [2.05, 4.69) is 17.4 Å². The van der Waals surface area contributed by atoms with Crippen LogP contribution in [0.1, 0.15) is 28.5 Å². The smallest absolute Gasteiger partial charge is 0.244 e. The van der Waals surface area contributed by atoms with Gasteiger partial charge in [0, 0.05) is 6.08 Å². The summed E-state index contributed by atoms with van der Waals surface area (Å²) in [5.74, 6) is 0.484. The molecule has 0 spiro atoms. The molecule has 0 saturated carbocycles. The Balaban J connectivity index is 1.82. The SMILES string of the molecule is Cc1ccc([C@H](NC(=O)/C=C/c2ccco2)c2ccccc2)cc1. The van der Waals surface area contributed by atoms with E-state index < -0.39 is 0 Å². The maximum atomic E-state index is 12.3. The van der Waals surface area contributed by atoms with Crippen molar-refractivity contribution in [2.75, 3.05) is 0 Å². The van der Waals surface area contributed by atoms with E-state index in [1.54, 1.807) is 24.5 Å².